The molecule has 3 heterocycles. The summed E-state index contributed by atoms with van der Waals surface area (Å²) < 4.78 is 83.8. The molecule has 0 spiro atoms. The fraction of sp³-hybridized carbons (Fsp3) is 0.455. The molecule has 4 aromatic rings. The van der Waals surface area contributed by atoms with Gasteiger partial charge in [0.15, 0.2) is 11.6 Å². The second-order valence-corrected chi connectivity index (χ2v) is 15.8. The lowest BCUT2D eigenvalue weighted by molar-refractivity contribution is -0.140. The standard InChI is InChI=1S/C44H52F5N7O5/c1-26(2)41-43(59)52-29(24-57)18-28-19-32(45)40(22-38(28)55(41)4)61-17-15-51-42(58)27-11-12-39(60-5)36(20-27)50-14-7-8-30-21-31-34(53-35-13-16-54(3)23-33(35)46)9-6-10-37(31)56(30)25-44(47,48)49/h6,9-12,19-22,26,29,33,35,41,50,53,57H,13-18,23-25H2,1-5H3,(H,51,58)(H,52,59)/t29-,33-,35+,41-/m0/s1. The Morgan fingerprint density at radius 2 is 1.87 bits per heavy atom. The summed E-state index contributed by atoms with van der Waals surface area (Å²) in [6.45, 7) is 3.11. The maximum Gasteiger partial charge on any atom is 0.406 e. The summed E-state index contributed by atoms with van der Waals surface area (Å²) in [4.78, 5) is 29.9. The number of methoxy groups -OCH3 is 1. The summed E-state index contributed by atoms with van der Waals surface area (Å²) in [5.74, 6) is 4.66. The lowest BCUT2D eigenvalue weighted by Crippen LogP contribution is -2.54. The van der Waals surface area contributed by atoms with Gasteiger partial charge in [-0.05, 0) is 79.8 Å². The zero-order valence-corrected chi connectivity index (χ0v) is 34.8. The third-order valence-electron chi connectivity index (χ3n) is 10.9. The topological polar surface area (TPSA) is 132 Å². The van der Waals surface area contributed by atoms with Gasteiger partial charge in [0.2, 0.25) is 5.91 Å². The van der Waals surface area contributed by atoms with E-state index in [0.29, 0.717) is 52.2 Å². The number of halogens is 5. The van der Waals surface area contributed by atoms with Gasteiger partial charge < -0.3 is 50.2 Å². The van der Waals surface area contributed by atoms with E-state index in [0.717, 1.165) is 4.57 Å². The SMILES string of the molecule is COc1ccc(C(=O)NCCOc2cc3c(cc2F)C[C@@H](CO)NC(=O)[C@H](C(C)C)N3C)cc1NCC#Cc1cc2c(N[C@@H]3CCN(C)C[C@@H]3F)cccc2n1CC(F)(F)F. The summed E-state index contributed by atoms with van der Waals surface area (Å²) in [6.07, 6.45) is -4.90. The van der Waals surface area contributed by atoms with Crippen LogP contribution < -0.4 is 35.6 Å². The number of nitrogens with zero attached hydrogens (tertiary/aromatic N) is 3. The smallest absolute Gasteiger partial charge is 0.406 e. The van der Waals surface area contributed by atoms with Gasteiger partial charge in [-0.15, -0.1) is 0 Å². The molecule has 1 fully saturated rings. The minimum Gasteiger partial charge on any atom is -0.495 e. The van der Waals surface area contributed by atoms with E-state index in [-0.39, 0.29) is 68.1 Å². The van der Waals surface area contributed by atoms with Gasteiger partial charge in [-0.25, -0.2) is 8.78 Å². The molecule has 4 atom stereocenters. The van der Waals surface area contributed by atoms with Crippen molar-refractivity contribution in [3.63, 3.8) is 0 Å². The highest BCUT2D eigenvalue weighted by atomic mass is 19.4. The molecule has 6 rings (SSSR count). The summed E-state index contributed by atoms with van der Waals surface area (Å²) in [7, 11) is 5.04. The number of anilines is 3. The van der Waals surface area contributed by atoms with E-state index in [2.05, 4.69) is 33.1 Å². The lowest BCUT2D eigenvalue weighted by atomic mass is 9.95. The molecule has 1 saturated heterocycles. The van der Waals surface area contributed by atoms with E-state index in [1.165, 1.54) is 19.2 Å². The van der Waals surface area contributed by atoms with E-state index in [1.807, 2.05) is 25.8 Å². The summed E-state index contributed by atoms with van der Waals surface area (Å²) in [5, 5.41) is 22.2. The van der Waals surface area contributed by atoms with Crippen molar-refractivity contribution in [3.05, 3.63) is 77.2 Å². The van der Waals surface area contributed by atoms with Crippen molar-refractivity contribution < 1.29 is 46.1 Å². The van der Waals surface area contributed by atoms with Gasteiger partial charge in [0.05, 0.1) is 55.8 Å². The molecule has 0 saturated carbocycles. The van der Waals surface area contributed by atoms with Crippen molar-refractivity contribution in [2.45, 2.75) is 63.7 Å². The Morgan fingerprint density at radius 3 is 2.57 bits per heavy atom. The number of piperidine rings is 1. The zero-order chi connectivity index (χ0) is 44.0. The number of fused-ring (bicyclic) bond motifs is 2. The highest BCUT2D eigenvalue weighted by molar-refractivity contribution is 5.96. The number of rotatable bonds is 13. The molecule has 2 aliphatic rings. The Hall–Kier alpha value is -5.73. The number of carbonyl (C=O) groups is 2. The molecule has 17 heteroatoms. The third kappa shape index (κ3) is 10.8. The van der Waals surface area contributed by atoms with Gasteiger partial charge >= 0.3 is 6.18 Å². The molecule has 12 nitrogen and oxygen atoms in total. The van der Waals surface area contributed by atoms with E-state index in [9.17, 15) is 32.3 Å². The molecule has 5 N–H and O–H groups in total. The molecule has 3 aromatic carbocycles. The van der Waals surface area contributed by atoms with Gasteiger partial charge in [0.25, 0.3) is 5.91 Å². The first-order valence-corrected chi connectivity index (χ1v) is 20.1. The molecule has 0 radical (unpaired) electrons. The van der Waals surface area contributed by atoms with Crippen LogP contribution in [-0.2, 0) is 17.8 Å². The average molecular weight is 854 g/mol. The highest BCUT2D eigenvalue weighted by Gasteiger charge is 2.34. The Bertz CT molecular complexity index is 2270. The molecule has 0 aliphatic carbocycles. The predicted octanol–water partition coefficient (Wildman–Crippen LogP) is 5.57. The van der Waals surface area contributed by atoms with Crippen molar-refractivity contribution in [3.8, 4) is 23.3 Å². The quantitative estimate of drug-likeness (QED) is 0.0666. The lowest BCUT2D eigenvalue weighted by Gasteiger charge is -2.37. The Labute approximate surface area is 351 Å². The minimum absolute atomic E-state index is 0.0161. The molecule has 2 aliphatic heterocycles. The van der Waals surface area contributed by atoms with Gasteiger partial charge in [-0.2, -0.15) is 13.2 Å². The van der Waals surface area contributed by atoms with Crippen molar-refractivity contribution >= 4 is 39.8 Å². The molecule has 61 heavy (non-hydrogen) atoms. The van der Waals surface area contributed by atoms with Crippen molar-refractivity contribution in [2.75, 3.05) is 76.1 Å². The van der Waals surface area contributed by atoms with Crippen LogP contribution in [0.4, 0.5) is 39.0 Å². The fourth-order valence-corrected chi connectivity index (χ4v) is 7.95. The van der Waals surface area contributed by atoms with Crippen molar-refractivity contribution in [2.24, 2.45) is 5.92 Å². The van der Waals surface area contributed by atoms with E-state index < -0.39 is 48.7 Å². The second kappa shape index (κ2) is 19.3. The Morgan fingerprint density at radius 1 is 1.08 bits per heavy atom. The van der Waals surface area contributed by atoms with Gasteiger partial charge in [0, 0.05) is 48.5 Å². The van der Waals surface area contributed by atoms with E-state index in [1.54, 1.807) is 54.4 Å². The van der Waals surface area contributed by atoms with Gasteiger partial charge in [-0.3, -0.25) is 9.59 Å². The minimum atomic E-state index is -4.53. The number of ether oxygens (including phenoxy) is 2. The number of likely N-dealkylation sites (N-methyl/N-ethyl adjacent to an activating group) is 1. The number of hydrogen-bond acceptors (Lipinski definition) is 9. The number of aromatic nitrogens is 1. The van der Waals surface area contributed by atoms with E-state index >= 15 is 4.39 Å². The summed E-state index contributed by atoms with van der Waals surface area (Å²) in [5.41, 5.74) is 2.84. The van der Waals surface area contributed by atoms with Crippen LogP contribution in [0.25, 0.3) is 10.9 Å². The number of aliphatic hydroxyl groups excluding tert-OH is 1. The monoisotopic (exact) mass is 853 g/mol. The first kappa shape index (κ1) is 44.8. The van der Waals surface area contributed by atoms with Crippen LogP contribution in [0.1, 0.15) is 41.9 Å². The van der Waals surface area contributed by atoms with Crippen LogP contribution in [0, 0.1) is 23.6 Å². The van der Waals surface area contributed by atoms with Crippen LogP contribution >= 0.6 is 0 Å². The van der Waals surface area contributed by atoms with Crippen LogP contribution in [0.3, 0.4) is 0 Å². The number of nitrogens with one attached hydrogen (secondary N) is 4. The molecule has 0 bridgehead atoms. The zero-order valence-electron chi connectivity index (χ0n) is 34.8. The highest BCUT2D eigenvalue weighted by Crippen LogP contribution is 2.34. The normalized spacial score (nSPS) is 19.6. The third-order valence-corrected chi connectivity index (χ3v) is 10.9. The number of alkyl halides is 4. The maximum absolute atomic E-state index is 15.3. The maximum atomic E-state index is 15.3. The average Bonchev–Trinajstić information content (AvgIpc) is 3.54. The number of amides is 2. The first-order chi connectivity index (χ1) is 29.1. The number of likely N-dealkylation sites (tertiary alicyclic amines) is 1. The van der Waals surface area contributed by atoms with Crippen LogP contribution in [0.2, 0.25) is 0 Å². The fourth-order valence-electron chi connectivity index (χ4n) is 7.95. The molecular weight excluding hydrogens is 802 g/mol. The van der Waals surface area contributed by atoms with E-state index in [4.69, 9.17) is 9.47 Å². The summed E-state index contributed by atoms with van der Waals surface area (Å²) >= 11 is 0. The number of hydrogen-bond donors (Lipinski definition) is 5. The first-order valence-electron chi connectivity index (χ1n) is 20.1. The molecule has 1 aromatic heterocycles. The number of benzene rings is 3. The van der Waals surface area contributed by atoms with Gasteiger partial charge in [-0.1, -0.05) is 25.8 Å². The van der Waals surface area contributed by atoms with Crippen molar-refractivity contribution in [1.29, 1.82) is 0 Å². The molecular formula is C44H52F5N7O5. The predicted molar refractivity (Wildman–Crippen MR) is 225 cm³/mol. The largest absolute Gasteiger partial charge is 0.495 e. The second-order valence-electron chi connectivity index (χ2n) is 15.8. The van der Waals surface area contributed by atoms with Crippen LogP contribution in [0.15, 0.2) is 54.6 Å². The Balaban J connectivity index is 1.11. The molecule has 0 unspecified atom stereocenters. The Kier molecular flexibility index (Phi) is 14.2. The van der Waals surface area contributed by atoms with Gasteiger partial charge in [0.1, 0.15) is 31.1 Å². The number of aliphatic hydroxyl groups is 1. The molecule has 2 amide bonds. The van der Waals surface area contributed by atoms with Crippen molar-refractivity contribution in [1.82, 2.24) is 20.1 Å². The molecule has 328 valence electrons. The van der Waals surface area contributed by atoms with Crippen LogP contribution in [0.5, 0.6) is 11.5 Å². The summed E-state index contributed by atoms with van der Waals surface area (Å²) in [6, 6.07) is 12.4. The number of carbonyl (C=O) groups excluding carboxylic acids is 2. The van der Waals surface area contributed by atoms with Crippen LogP contribution in [-0.4, -0.2) is 117 Å².